The van der Waals surface area contributed by atoms with Gasteiger partial charge >= 0.3 is 0 Å². The van der Waals surface area contributed by atoms with Crippen LogP contribution < -0.4 is 4.74 Å². The third kappa shape index (κ3) is 2.54. The zero-order valence-corrected chi connectivity index (χ0v) is 9.53. The van der Waals surface area contributed by atoms with Gasteiger partial charge in [0.2, 0.25) is 5.88 Å². The normalized spacial score (nSPS) is 10.1. The summed E-state index contributed by atoms with van der Waals surface area (Å²) >= 11 is 0. The highest BCUT2D eigenvalue weighted by Gasteiger charge is 2.11. The van der Waals surface area contributed by atoms with Crippen molar-refractivity contribution < 1.29 is 14.8 Å². The second-order valence-electron chi connectivity index (χ2n) is 3.67. The third-order valence-electron chi connectivity index (χ3n) is 2.26. The molecule has 1 heterocycles. The first-order chi connectivity index (χ1) is 8.56. The van der Waals surface area contributed by atoms with Crippen molar-refractivity contribution in [1.29, 1.82) is 0 Å². The van der Waals surface area contributed by atoms with Crippen molar-refractivity contribution in [3.05, 3.63) is 52.2 Å². The van der Waals surface area contributed by atoms with Gasteiger partial charge in [0.25, 0.3) is 5.69 Å². The minimum absolute atomic E-state index is 0.0760. The van der Waals surface area contributed by atoms with Crippen LogP contribution in [0.25, 0.3) is 0 Å². The Kier molecular flexibility index (Phi) is 3.09. The molecule has 0 atom stereocenters. The zero-order chi connectivity index (χ0) is 13.1. The Morgan fingerprint density at radius 3 is 2.78 bits per heavy atom. The van der Waals surface area contributed by atoms with E-state index < -0.39 is 4.92 Å². The number of hydrogen-bond donors (Lipinski definition) is 1. The molecule has 0 radical (unpaired) electrons. The number of nitro groups is 1. The number of aryl methyl sites for hydroxylation is 1. The lowest BCUT2D eigenvalue weighted by Crippen LogP contribution is -1.94. The lowest BCUT2D eigenvalue weighted by atomic mass is 10.3. The average molecular weight is 246 g/mol. The fourth-order valence-corrected chi connectivity index (χ4v) is 1.41. The van der Waals surface area contributed by atoms with Crippen LogP contribution in [0.1, 0.15) is 5.56 Å². The van der Waals surface area contributed by atoms with Crippen LogP contribution in [-0.4, -0.2) is 15.0 Å². The Hall–Kier alpha value is -2.63. The Balaban J connectivity index is 2.27. The molecule has 1 aromatic heterocycles. The predicted octanol–water partition coefficient (Wildman–Crippen LogP) is 2.80. The molecule has 92 valence electrons. The van der Waals surface area contributed by atoms with Gasteiger partial charge in [0.15, 0.2) is 0 Å². The second kappa shape index (κ2) is 4.70. The van der Waals surface area contributed by atoms with Crippen molar-refractivity contribution in [2.75, 3.05) is 0 Å². The molecule has 18 heavy (non-hydrogen) atoms. The molecule has 2 aromatic rings. The number of pyridine rings is 1. The number of phenols is 1. The molecule has 0 aliphatic rings. The minimum atomic E-state index is -0.516. The summed E-state index contributed by atoms with van der Waals surface area (Å²) in [5, 5.41) is 19.8. The molecule has 0 aliphatic carbocycles. The maximum Gasteiger partial charge on any atom is 0.288 e. The van der Waals surface area contributed by atoms with Crippen molar-refractivity contribution in [2.45, 2.75) is 6.92 Å². The summed E-state index contributed by atoms with van der Waals surface area (Å²) in [5.41, 5.74) is 0.461. The molecule has 0 unspecified atom stereocenters. The lowest BCUT2D eigenvalue weighted by Gasteiger charge is -2.07. The van der Waals surface area contributed by atoms with E-state index in [-0.39, 0.29) is 17.3 Å². The Labute approximate surface area is 103 Å². The van der Waals surface area contributed by atoms with Gasteiger partial charge in [0.1, 0.15) is 17.7 Å². The number of ether oxygens (including phenoxy) is 1. The van der Waals surface area contributed by atoms with E-state index in [1.807, 2.05) is 0 Å². The van der Waals surface area contributed by atoms with Crippen molar-refractivity contribution in [3.63, 3.8) is 0 Å². The van der Waals surface area contributed by atoms with Crippen molar-refractivity contribution in [1.82, 2.24) is 4.98 Å². The van der Waals surface area contributed by atoms with Gasteiger partial charge in [-0.25, -0.2) is 4.98 Å². The molecule has 0 bridgehead atoms. The summed E-state index contributed by atoms with van der Waals surface area (Å²) in [6, 6.07) is 7.62. The highest BCUT2D eigenvalue weighted by atomic mass is 16.6. The van der Waals surface area contributed by atoms with E-state index in [1.165, 1.54) is 18.2 Å². The third-order valence-corrected chi connectivity index (χ3v) is 2.26. The second-order valence-corrected chi connectivity index (χ2v) is 3.67. The van der Waals surface area contributed by atoms with Gasteiger partial charge < -0.3 is 9.84 Å². The highest BCUT2D eigenvalue weighted by Crippen LogP contribution is 2.27. The molecule has 1 aromatic carbocycles. The first-order valence-electron chi connectivity index (χ1n) is 5.14. The summed E-state index contributed by atoms with van der Waals surface area (Å²) < 4.78 is 5.43. The van der Waals surface area contributed by atoms with Crippen LogP contribution in [0.4, 0.5) is 5.69 Å². The predicted molar refractivity (Wildman–Crippen MR) is 63.8 cm³/mol. The molecular weight excluding hydrogens is 236 g/mol. The molecule has 0 saturated heterocycles. The van der Waals surface area contributed by atoms with Crippen LogP contribution in [0.3, 0.4) is 0 Å². The molecule has 0 saturated carbocycles. The zero-order valence-electron chi connectivity index (χ0n) is 9.53. The first-order valence-corrected chi connectivity index (χ1v) is 5.14. The summed E-state index contributed by atoms with van der Waals surface area (Å²) in [4.78, 5) is 13.9. The Bertz CT molecular complexity index is 598. The summed E-state index contributed by atoms with van der Waals surface area (Å²) in [5.74, 6) is 0.762. The van der Waals surface area contributed by atoms with E-state index >= 15 is 0 Å². The number of aromatic nitrogens is 1. The smallest absolute Gasteiger partial charge is 0.288 e. The largest absolute Gasteiger partial charge is 0.508 e. The van der Waals surface area contributed by atoms with Gasteiger partial charge in [-0.3, -0.25) is 10.1 Å². The number of rotatable bonds is 3. The van der Waals surface area contributed by atoms with Crippen LogP contribution in [0.15, 0.2) is 36.5 Å². The summed E-state index contributed by atoms with van der Waals surface area (Å²) in [7, 11) is 0. The maximum absolute atomic E-state index is 10.6. The summed E-state index contributed by atoms with van der Waals surface area (Å²) in [6.07, 6.45) is 1.13. The Morgan fingerprint density at radius 1 is 1.39 bits per heavy atom. The standard InChI is InChI=1S/C12H10N2O4/c1-8-5-9(14(16)17)7-13-12(8)18-11-4-2-3-10(15)6-11/h2-7,15H,1H3. The average Bonchev–Trinajstić information content (AvgIpc) is 2.31. The molecule has 6 heteroatoms. The minimum Gasteiger partial charge on any atom is -0.508 e. The molecule has 2 rings (SSSR count). The van der Waals surface area contributed by atoms with Crippen molar-refractivity contribution >= 4 is 5.69 Å². The van der Waals surface area contributed by atoms with Gasteiger partial charge in [-0.15, -0.1) is 0 Å². The fourth-order valence-electron chi connectivity index (χ4n) is 1.41. The molecule has 0 fully saturated rings. The number of benzene rings is 1. The van der Waals surface area contributed by atoms with Crippen LogP contribution in [0.5, 0.6) is 17.4 Å². The number of aromatic hydroxyl groups is 1. The summed E-state index contributed by atoms with van der Waals surface area (Å²) in [6.45, 7) is 1.66. The van der Waals surface area contributed by atoms with Crippen LogP contribution in [0.2, 0.25) is 0 Å². The lowest BCUT2D eigenvalue weighted by molar-refractivity contribution is -0.385. The van der Waals surface area contributed by atoms with E-state index in [0.717, 1.165) is 6.20 Å². The van der Waals surface area contributed by atoms with E-state index in [2.05, 4.69) is 4.98 Å². The number of phenolic OH excluding ortho intramolecular Hbond substituents is 1. The highest BCUT2D eigenvalue weighted by molar-refractivity contribution is 5.40. The fraction of sp³-hybridized carbons (Fsp3) is 0.0833. The molecule has 0 aliphatic heterocycles. The van der Waals surface area contributed by atoms with E-state index in [9.17, 15) is 15.2 Å². The number of hydrogen-bond acceptors (Lipinski definition) is 5. The van der Waals surface area contributed by atoms with Crippen LogP contribution >= 0.6 is 0 Å². The molecular formula is C12H10N2O4. The monoisotopic (exact) mass is 246 g/mol. The van der Waals surface area contributed by atoms with Gasteiger partial charge in [-0.1, -0.05) is 6.07 Å². The SMILES string of the molecule is Cc1cc([N+](=O)[O-])cnc1Oc1cccc(O)c1. The van der Waals surface area contributed by atoms with Crippen molar-refractivity contribution in [2.24, 2.45) is 0 Å². The van der Waals surface area contributed by atoms with E-state index in [4.69, 9.17) is 4.74 Å². The van der Waals surface area contributed by atoms with Gasteiger partial charge in [-0.2, -0.15) is 0 Å². The first kappa shape index (κ1) is 11.8. The molecule has 1 N–H and O–H groups in total. The topological polar surface area (TPSA) is 85.5 Å². The van der Waals surface area contributed by atoms with Gasteiger partial charge in [0, 0.05) is 17.7 Å². The van der Waals surface area contributed by atoms with Crippen molar-refractivity contribution in [3.8, 4) is 17.4 Å². The van der Waals surface area contributed by atoms with E-state index in [1.54, 1.807) is 19.1 Å². The molecule has 0 amide bonds. The quantitative estimate of drug-likeness (QED) is 0.664. The van der Waals surface area contributed by atoms with Crippen LogP contribution in [-0.2, 0) is 0 Å². The number of nitrogens with zero attached hydrogens (tertiary/aromatic N) is 2. The van der Waals surface area contributed by atoms with E-state index in [0.29, 0.717) is 11.3 Å². The van der Waals surface area contributed by atoms with Gasteiger partial charge in [-0.05, 0) is 19.1 Å². The Morgan fingerprint density at radius 2 is 2.17 bits per heavy atom. The molecule has 0 spiro atoms. The van der Waals surface area contributed by atoms with Gasteiger partial charge in [0.05, 0.1) is 4.92 Å². The molecule has 6 nitrogen and oxygen atoms in total. The van der Waals surface area contributed by atoms with Crippen LogP contribution in [0, 0.1) is 17.0 Å². The maximum atomic E-state index is 10.6.